The molecule has 2 aliphatic heterocycles. The molecule has 30 heavy (non-hydrogen) atoms. The molecule has 0 unspecified atom stereocenters. The molecule has 160 valence electrons. The summed E-state index contributed by atoms with van der Waals surface area (Å²) in [5, 5.41) is 12.0. The number of urea groups is 1. The van der Waals surface area contributed by atoms with E-state index < -0.39 is 0 Å². The first-order chi connectivity index (χ1) is 14.6. The van der Waals surface area contributed by atoms with Gasteiger partial charge in [-0.2, -0.15) is 0 Å². The van der Waals surface area contributed by atoms with Gasteiger partial charge in [-0.05, 0) is 62.1 Å². The van der Waals surface area contributed by atoms with Crippen molar-refractivity contribution in [3.63, 3.8) is 0 Å². The molecule has 1 aromatic carbocycles. The number of hydrogen-bond acceptors (Lipinski definition) is 5. The third-order valence-electron chi connectivity index (χ3n) is 6.22. The van der Waals surface area contributed by atoms with Crippen molar-refractivity contribution in [3.05, 3.63) is 41.5 Å². The lowest BCUT2D eigenvalue weighted by Gasteiger charge is -2.35. The summed E-state index contributed by atoms with van der Waals surface area (Å²) in [5.74, 6) is 1.87. The summed E-state index contributed by atoms with van der Waals surface area (Å²) in [6.07, 6.45) is 5.08. The van der Waals surface area contributed by atoms with Crippen LogP contribution in [0.25, 0.3) is 0 Å². The fraction of sp³-hybridized carbons (Fsp3) is 0.522. The van der Waals surface area contributed by atoms with Gasteiger partial charge in [-0.25, -0.2) is 4.79 Å². The van der Waals surface area contributed by atoms with Gasteiger partial charge in [-0.15, -0.1) is 10.2 Å². The van der Waals surface area contributed by atoms with Crippen molar-refractivity contribution in [2.24, 2.45) is 0 Å². The first-order valence-corrected chi connectivity index (χ1v) is 11.1. The SMILES string of the molecule is Cc1ccc(NC(=O)N2CCN(c3ccc(N4CCCCCC4)nn3)CC2)cc1C. The molecule has 1 N–H and O–H groups in total. The minimum absolute atomic E-state index is 0.0412. The third kappa shape index (κ3) is 4.83. The van der Waals surface area contributed by atoms with Gasteiger partial charge in [0.25, 0.3) is 0 Å². The van der Waals surface area contributed by atoms with Crippen molar-refractivity contribution in [1.82, 2.24) is 15.1 Å². The lowest BCUT2D eigenvalue weighted by atomic mass is 10.1. The van der Waals surface area contributed by atoms with E-state index in [-0.39, 0.29) is 6.03 Å². The molecule has 0 atom stereocenters. The van der Waals surface area contributed by atoms with Crippen LogP contribution in [0.5, 0.6) is 0 Å². The number of amides is 2. The predicted octanol–water partition coefficient (Wildman–Crippen LogP) is 3.83. The highest BCUT2D eigenvalue weighted by Gasteiger charge is 2.22. The minimum Gasteiger partial charge on any atom is -0.355 e. The number of anilines is 3. The fourth-order valence-corrected chi connectivity index (χ4v) is 4.12. The molecular weight excluding hydrogens is 376 g/mol. The normalized spacial score (nSPS) is 17.6. The number of carbonyl (C=O) groups is 1. The fourth-order valence-electron chi connectivity index (χ4n) is 4.12. The largest absolute Gasteiger partial charge is 0.355 e. The maximum atomic E-state index is 12.6. The summed E-state index contributed by atoms with van der Waals surface area (Å²) >= 11 is 0. The van der Waals surface area contributed by atoms with E-state index >= 15 is 0 Å². The van der Waals surface area contributed by atoms with Gasteiger partial charge in [0.2, 0.25) is 0 Å². The number of piperazine rings is 1. The van der Waals surface area contributed by atoms with Crippen LogP contribution in [-0.2, 0) is 0 Å². The van der Waals surface area contributed by atoms with Crippen LogP contribution in [0.15, 0.2) is 30.3 Å². The van der Waals surface area contributed by atoms with E-state index in [1.165, 1.54) is 36.8 Å². The van der Waals surface area contributed by atoms with Crippen molar-refractivity contribution in [1.29, 1.82) is 0 Å². The summed E-state index contributed by atoms with van der Waals surface area (Å²) in [6, 6.07) is 10.1. The zero-order valence-electron chi connectivity index (χ0n) is 18.1. The van der Waals surface area contributed by atoms with Gasteiger partial charge in [0, 0.05) is 45.0 Å². The van der Waals surface area contributed by atoms with Crippen LogP contribution in [-0.4, -0.2) is 60.4 Å². The number of carbonyl (C=O) groups excluding carboxylic acids is 1. The Hall–Kier alpha value is -2.83. The molecule has 7 nitrogen and oxygen atoms in total. The topological polar surface area (TPSA) is 64.6 Å². The average molecular weight is 409 g/mol. The molecule has 2 saturated heterocycles. The van der Waals surface area contributed by atoms with Gasteiger partial charge in [-0.3, -0.25) is 0 Å². The number of benzene rings is 1. The molecule has 2 amide bonds. The smallest absolute Gasteiger partial charge is 0.321 e. The van der Waals surface area contributed by atoms with Gasteiger partial charge >= 0.3 is 6.03 Å². The van der Waals surface area contributed by atoms with E-state index in [9.17, 15) is 4.79 Å². The number of rotatable bonds is 3. The summed E-state index contributed by atoms with van der Waals surface area (Å²) in [4.78, 5) is 19.0. The van der Waals surface area contributed by atoms with Crippen LogP contribution in [0.2, 0.25) is 0 Å². The number of aromatic nitrogens is 2. The zero-order chi connectivity index (χ0) is 20.9. The van der Waals surface area contributed by atoms with Crippen molar-refractivity contribution < 1.29 is 4.79 Å². The highest BCUT2D eigenvalue weighted by Crippen LogP contribution is 2.20. The zero-order valence-corrected chi connectivity index (χ0v) is 18.1. The van der Waals surface area contributed by atoms with E-state index in [1.54, 1.807) is 0 Å². The van der Waals surface area contributed by atoms with Crippen LogP contribution in [0.1, 0.15) is 36.8 Å². The van der Waals surface area contributed by atoms with E-state index in [4.69, 9.17) is 0 Å². The molecular formula is C23H32N6O. The predicted molar refractivity (Wildman–Crippen MR) is 121 cm³/mol. The van der Waals surface area contributed by atoms with Gasteiger partial charge in [-0.1, -0.05) is 18.9 Å². The molecule has 3 heterocycles. The van der Waals surface area contributed by atoms with Gasteiger partial charge in [0.1, 0.15) is 0 Å². The second-order valence-electron chi connectivity index (χ2n) is 8.35. The molecule has 2 aromatic rings. The molecule has 0 spiro atoms. The van der Waals surface area contributed by atoms with Crippen molar-refractivity contribution in [3.8, 4) is 0 Å². The van der Waals surface area contributed by atoms with E-state index in [2.05, 4.69) is 51.3 Å². The first-order valence-electron chi connectivity index (χ1n) is 11.1. The second-order valence-corrected chi connectivity index (χ2v) is 8.35. The Kier molecular flexibility index (Phi) is 6.35. The van der Waals surface area contributed by atoms with Crippen LogP contribution in [0, 0.1) is 13.8 Å². The molecule has 0 saturated carbocycles. The van der Waals surface area contributed by atoms with Crippen molar-refractivity contribution in [2.75, 3.05) is 54.4 Å². The van der Waals surface area contributed by atoms with Crippen LogP contribution in [0.3, 0.4) is 0 Å². The Morgan fingerprint density at radius 1 is 0.767 bits per heavy atom. The van der Waals surface area contributed by atoms with Crippen molar-refractivity contribution >= 4 is 23.4 Å². The maximum absolute atomic E-state index is 12.6. The summed E-state index contributed by atoms with van der Waals surface area (Å²) < 4.78 is 0. The molecule has 0 radical (unpaired) electrons. The molecule has 7 heteroatoms. The number of hydrogen-bond donors (Lipinski definition) is 1. The van der Waals surface area contributed by atoms with Crippen LogP contribution in [0.4, 0.5) is 22.1 Å². The molecule has 1 aromatic heterocycles. The number of aryl methyl sites for hydroxylation is 2. The minimum atomic E-state index is -0.0412. The standard InChI is InChI=1S/C23H32N6O/c1-18-7-8-20(17-19(18)2)24-23(30)29-15-13-28(14-16-29)22-10-9-21(25-26-22)27-11-5-3-4-6-12-27/h7-10,17H,3-6,11-16H2,1-2H3,(H,24,30). The molecule has 2 fully saturated rings. The molecule has 0 aliphatic carbocycles. The summed E-state index contributed by atoms with van der Waals surface area (Å²) in [5.41, 5.74) is 3.25. The average Bonchev–Trinajstić information content (AvgIpc) is 3.06. The number of nitrogens with one attached hydrogen (secondary N) is 1. The Bertz CT molecular complexity index is 852. The highest BCUT2D eigenvalue weighted by molar-refractivity contribution is 5.89. The van der Waals surface area contributed by atoms with E-state index in [0.29, 0.717) is 13.1 Å². The Morgan fingerprint density at radius 3 is 1.93 bits per heavy atom. The summed E-state index contributed by atoms with van der Waals surface area (Å²) in [6.45, 7) is 9.14. The highest BCUT2D eigenvalue weighted by atomic mass is 16.2. The van der Waals surface area contributed by atoms with Gasteiger partial charge in [0.05, 0.1) is 0 Å². The maximum Gasteiger partial charge on any atom is 0.321 e. The van der Waals surface area contributed by atoms with Crippen molar-refractivity contribution in [2.45, 2.75) is 39.5 Å². The Balaban J connectivity index is 1.30. The van der Waals surface area contributed by atoms with Gasteiger partial charge < -0.3 is 20.0 Å². The van der Waals surface area contributed by atoms with Gasteiger partial charge in [0.15, 0.2) is 11.6 Å². The Morgan fingerprint density at radius 2 is 1.37 bits per heavy atom. The second kappa shape index (κ2) is 9.32. The molecule has 4 rings (SSSR count). The van der Waals surface area contributed by atoms with Crippen LogP contribution < -0.4 is 15.1 Å². The molecule has 2 aliphatic rings. The Labute approximate surface area is 179 Å². The summed E-state index contributed by atoms with van der Waals surface area (Å²) in [7, 11) is 0. The van der Waals surface area contributed by atoms with E-state index in [1.807, 2.05) is 23.1 Å². The van der Waals surface area contributed by atoms with Crippen LogP contribution >= 0.6 is 0 Å². The quantitative estimate of drug-likeness (QED) is 0.836. The molecule has 0 bridgehead atoms. The number of nitrogens with zero attached hydrogens (tertiary/aromatic N) is 5. The lowest BCUT2D eigenvalue weighted by Crippen LogP contribution is -2.50. The van der Waals surface area contributed by atoms with E-state index in [0.717, 1.165) is 43.5 Å². The first kappa shape index (κ1) is 20.4. The monoisotopic (exact) mass is 408 g/mol. The lowest BCUT2D eigenvalue weighted by molar-refractivity contribution is 0.208. The third-order valence-corrected chi connectivity index (χ3v) is 6.22.